The summed E-state index contributed by atoms with van der Waals surface area (Å²) in [5.74, 6) is -3.25. The van der Waals surface area contributed by atoms with Gasteiger partial charge in [0, 0.05) is 35.3 Å². The number of anilines is 1. The molecule has 0 saturated heterocycles. The number of nitrogens with zero attached hydrogens (tertiary/aromatic N) is 1. The van der Waals surface area contributed by atoms with Crippen LogP contribution >= 0.6 is 15.9 Å². The molecule has 226 valence electrons. The van der Waals surface area contributed by atoms with Crippen molar-refractivity contribution < 1.29 is 57.9 Å². The molecule has 0 heterocycles. The molecule has 4 nitrogen and oxygen atoms in total. The van der Waals surface area contributed by atoms with Crippen molar-refractivity contribution in [2.75, 3.05) is 19.0 Å². The first-order valence-corrected chi connectivity index (χ1v) is 12.1. The van der Waals surface area contributed by atoms with E-state index in [-0.39, 0.29) is 22.1 Å². The molecule has 3 aromatic rings. The van der Waals surface area contributed by atoms with Gasteiger partial charge in [0.15, 0.2) is 0 Å². The maximum Gasteiger partial charge on any atom is 0.435 e. The van der Waals surface area contributed by atoms with Crippen molar-refractivity contribution in [2.45, 2.75) is 24.2 Å². The predicted octanol–water partition coefficient (Wildman–Crippen LogP) is 8.20. The number of amides is 2. The van der Waals surface area contributed by atoms with Crippen molar-refractivity contribution in [1.82, 2.24) is 5.32 Å². The second-order valence-corrected chi connectivity index (χ2v) is 9.52. The normalized spacial score (nSPS) is 12.7. The summed E-state index contributed by atoms with van der Waals surface area (Å²) in [6, 6.07) is 7.55. The lowest BCUT2D eigenvalue weighted by atomic mass is 9.91. The van der Waals surface area contributed by atoms with Crippen LogP contribution in [0.4, 0.5) is 54.0 Å². The third kappa shape index (κ3) is 5.68. The highest BCUT2D eigenvalue weighted by Crippen LogP contribution is 2.55. The Balaban J connectivity index is 2.25. The van der Waals surface area contributed by atoms with Gasteiger partial charge in [-0.2, -0.15) is 39.5 Å². The van der Waals surface area contributed by atoms with E-state index in [0.717, 1.165) is 25.2 Å². The third-order valence-electron chi connectivity index (χ3n) is 6.11. The Bertz CT molecular complexity index is 1520. The Kier molecular flexibility index (Phi) is 8.74. The Morgan fingerprint density at radius 3 is 1.83 bits per heavy atom. The number of alkyl halides is 10. The summed E-state index contributed by atoms with van der Waals surface area (Å²) in [6.07, 6.45) is -19.1. The molecule has 0 spiro atoms. The van der Waals surface area contributed by atoms with Crippen LogP contribution in [0.1, 0.15) is 31.8 Å². The summed E-state index contributed by atoms with van der Waals surface area (Å²) in [5.41, 5.74) is -13.5. The number of nitrogens with one attached hydrogen (secondary N) is 1. The molecule has 0 radical (unpaired) electrons. The van der Waals surface area contributed by atoms with Gasteiger partial charge in [-0.25, -0.2) is 8.78 Å². The van der Waals surface area contributed by atoms with Crippen LogP contribution < -0.4 is 10.2 Å². The number of rotatable bonds is 5. The predicted molar refractivity (Wildman–Crippen MR) is 132 cm³/mol. The van der Waals surface area contributed by atoms with E-state index in [9.17, 15) is 53.5 Å². The summed E-state index contributed by atoms with van der Waals surface area (Å²) in [6.45, 7) is 0. The molecule has 0 aliphatic heterocycles. The van der Waals surface area contributed by atoms with E-state index < -0.39 is 80.3 Å². The van der Waals surface area contributed by atoms with E-state index in [4.69, 9.17) is 0 Å². The lowest BCUT2D eigenvalue weighted by molar-refractivity contribution is -0.348. The summed E-state index contributed by atoms with van der Waals surface area (Å²) < 4.78 is 151. The van der Waals surface area contributed by atoms with Crippen molar-refractivity contribution in [1.29, 1.82) is 0 Å². The summed E-state index contributed by atoms with van der Waals surface area (Å²) >= 11 is 2.47. The molecule has 2 amide bonds. The minimum absolute atomic E-state index is 0.159. The molecule has 0 aliphatic rings. The first-order chi connectivity index (χ1) is 19.2. The number of carbonyl (C=O) groups excluding carboxylic acids is 2. The van der Waals surface area contributed by atoms with Gasteiger partial charge in [0.05, 0.1) is 16.8 Å². The van der Waals surface area contributed by atoms with Gasteiger partial charge in [0.1, 0.15) is 5.82 Å². The van der Waals surface area contributed by atoms with Crippen molar-refractivity contribution in [3.05, 3.63) is 87.1 Å². The zero-order chi connectivity index (χ0) is 32.0. The van der Waals surface area contributed by atoms with Crippen molar-refractivity contribution >= 4 is 33.4 Å². The SMILES string of the molecule is CNC(=O)c1cccc(-c2ccccc2C(=O)N(C)c2c(Br)cc(C(F)(C(F)(F)F)C(F)(F)F)cc2C(F)(F)F)c1F. The highest BCUT2D eigenvalue weighted by molar-refractivity contribution is 9.10. The first-order valence-electron chi connectivity index (χ1n) is 11.3. The second kappa shape index (κ2) is 11.2. The van der Waals surface area contributed by atoms with Gasteiger partial charge in [-0.1, -0.05) is 30.3 Å². The molecule has 0 unspecified atom stereocenters. The average molecular weight is 677 g/mol. The van der Waals surface area contributed by atoms with Gasteiger partial charge >= 0.3 is 24.2 Å². The maximum absolute atomic E-state index is 15.2. The van der Waals surface area contributed by atoms with E-state index in [1.807, 2.05) is 0 Å². The molecule has 16 heteroatoms. The number of halogens is 12. The first kappa shape index (κ1) is 32.8. The van der Waals surface area contributed by atoms with E-state index >= 15 is 4.39 Å². The van der Waals surface area contributed by atoms with Crippen molar-refractivity contribution in [2.24, 2.45) is 0 Å². The van der Waals surface area contributed by atoms with Crippen LogP contribution in [0.5, 0.6) is 0 Å². The number of hydrogen-bond acceptors (Lipinski definition) is 2. The van der Waals surface area contributed by atoms with Crippen LogP contribution in [0.15, 0.2) is 59.1 Å². The maximum atomic E-state index is 15.2. The smallest absolute Gasteiger partial charge is 0.355 e. The molecule has 0 bridgehead atoms. The number of carbonyl (C=O) groups is 2. The lowest BCUT2D eigenvalue weighted by Gasteiger charge is -2.32. The molecule has 0 saturated carbocycles. The van der Waals surface area contributed by atoms with Crippen molar-refractivity contribution in [3.8, 4) is 11.1 Å². The Labute approximate surface area is 238 Å². The fourth-order valence-electron chi connectivity index (χ4n) is 4.08. The standard InChI is InChI=1S/C26H16BrF11N2O2/c1-39-21(41)16-9-5-8-14(19(16)28)13-6-3-4-7-15(13)22(42)40(2)20-17(24(30,31)32)10-12(11-18(20)27)23(29,25(33,34)35)26(36,37)38/h3-11H,1-2H3,(H,39,41). The number of benzene rings is 3. The summed E-state index contributed by atoms with van der Waals surface area (Å²) in [7, 11) is 1.94. The van der Waals surface area contributed by atoms with E-state index in [1.165, 1.54) is 31.3 Å². The highest BCUT2D eigenvalue weighted by Gasteiger charge is 2.73. The molecule has 0 fully saturated rings. The second-order valence-electron chi connectivity index (χ2n) is 8.66. The molecule has 0 aliphatic carbocycles. The van der Waals surface area contributed by atoms with Crippen molar-refractivity contribution in [3.63, 3.8) is 0 Å². The van der Waals surface area contributed by atoms with Gasteiger partial charge in [-0.05, 0) is 45.8 Å². The Morgan fingerprint density at radius 1 is 0.786 bits per heavy atom. The van der Waals surface area contributed by atoms with E-state index in [1.54, 1.807) is 0 Å². The average Bonchev–Trinajstić information content (AvgIpc) is 2.89. The van der Waals surface area contributed by atoms with Crippen LogP contribution in [0.25, 0.3) is 11.1 Å². The molecule has 3 rings (SSSR count). The Hall–Kier alpha value is -3.69. The van der Waals surface area contributed by atoms with Crippen LogP contribution in [0, 0.1) is 5.82 Å². The van der Waals surface area contributed by atoms with Gasteiger partial charge in [0.2, 0.25) is 0 Å². The zero-order valence-corrected chi connectivity index (χ0v) is 22.6. The van der Waals surface area contributed by atoms with E-state index in [2.05, 4.69) is 21.2 Å². The van der Waals surface area contributed by atoms with Gasteiger partial charge in [-0.3, -0.25) is 9.59 Å². The molecule has 42 heavy (non-hydrogen) atoms. The molecular weight excluding hydrogens is 661 g/mol. The van der Waals surface area contributed by atoms with Crippen LogP contribution in [0.2, 0.25) is 0 Å². The topological polar surface area (TPSA) is 49.4 Å². The fourth-order valence-corrected chi connectivity index (χ4v) is 4.81. The molecule has 0 aromatic heterocycles. The molecule has 3 aromatic carbocycles. The summed E-state index contributed by atoms with van der Waals surface area (Å²) in [4.78, 5) is 25.7. The fraction of sp³-hybridized carbons (Fsp3) is 0.231. The Morgan fingerprint density at radius 2 is 1.31 bits per heavy atom. The van der Waals surface area contributed by atoms with Gasteiger partial charge in [-0.15, -0.1) is 0 Å². The quantitative estimate of drug-likeness (QED) is 0.277. The number of hydrogen-bond donors (Lipinski definition) is 1. The van der Waals surface area contributed by atoms with Gasteiger partial charge < -0.3 is 10.2 Å². The zero-order valence-electron chi connectivity index (χ0n) is 21.0. The molecule has 1 N–H and O–H groups in total. The van der Waals surface area contributed by atoms with E-state index in [0.29, 0.717) is 0 Å². The summed E-state index contributed by atoms with van der Waals surface area (Å²) in [5, 5.41) is 2.20. The third-order valence-corrected chi connectivity index (χ3v) is 6.71. The minimum atomic E-state index is -6.71. The van der Waals surface area contributed by atoms with Crippen LogP contribution in [-0.4, -0.2) is 38.3 Å². The van der Waals surface area contributed by atoms with Crippen LogP contribution in [-0.2, 0) is 11.8 Å². The highest BCUT2D eigenvalue weighted by atomic mass is 79.9. The molecular formula is C26H16BrF11N2O2. The van der Waals surface area contributed by atoms with Crippen LogP contribution in [0.3, 0.4) is 0 Å². The minimum Gasteiger partial charge on any atom is -0.355 e. The largest absolute Gasteiger partial charge is 0.435 e. The van der Waals surface area contributed by atoms with Gasteiger partial charge in [0.25, 0.3) is 11.8 Å². The lowest BCUT2D eigenvalue weighted by Crippen LogP contribution is -2.50. The molecule has 0 atom stereocenters. The monoisotopic (exact) mass is 676 g/mol.